The number of hydrogen-bond acceptors (Lipinski definition) is 5. The molecule has 3 heterocycles. The first kappa shape index (κ1) is 12.7. The molecule has 104 valence electrons. The summed E-state index contributed by atoms with van der Waals surface area (Å²) in [5.74, 6) is 1.68. The third-order valence-electron chi connectivity index (χ3n) is 4.27. The van der Waals surface area contributed by atoms with Crippen LogP contribution in [0.1, 0.15) is 25.7 Å². The molecular weight excluding hydrogens is 238 g/mol. The maximum atomic E-state index is 5.62. The second kappa shape index (κ2) is 5.74. The van der Waals surface area contributed by atoms with Crippen LogP contribution in [0.15, 0.2) is 12.4 Å². The van der Waals surface area contributed by atoms with Gasteiger partial charge in [0.15, 0.2) is 0 Å². The summed E-state index contributed by atoms with van der Waals surface area (Å²) in [6.45, 7) is 6.05. The Morgan fingerprint density at radius 3 is 2.32 bits per heavy atom. The summed E-state index contributed by atoms with van der Waals surface area (Å²) in [7, 11) is 0. The van der Waals surface area contributed by atoms with Crippen molar-refractivity contribution in [3.8, 4) is 0 Å². The quantitative estimate of drug-likeness (QED) is 0.890. The van der Waals surface area contributed by atoms with Gasteiger partial charge in [-0.05, 0) is 44.7 Å². The highest BCUT2D eigenvalue weighted by molar-refractivity contribution is 5.38. The fourth-order valence-electron chi connectivity index (χ4n) is 3.14. The molecule has 1 aromatic rings. The molecule has 3 rings (SSSR count). The number of nitrogen functional groups attached to an aromatic ring is 1. The smallest absolute Gasteiger partial charge is 0.225 e. The first-order valence-corrected chi connectivity index (χ1v) is 7.36. The average molecular weight is 261 g/mol. The number of rotatable bonds is 3. The molecule has 0 amide bonds. The van der Waals surface area contributed by atoms with Gasteiger partial charge in [0.25, 0.3) is 0 Å². The van der Waals surface area contributed by atoms with E-state index < -0.39 is 0 Å². The molecule has 1 aromatic heterocycles. The monoisotopic (exact) mass is 261 g/mol. The van der Waals surface area contributed by atoms with Crippen LogP contribution in [0.5, 0.6) is 0 Å². The minimum Gasteiger partial charge on any atom is -0.396 e. The van der Waals surface area contributed by atoms with Crippen molar-refractivity contribution in [3.63, 3.8) is 0 Å². The number of likely N-dealkylation sites (tertiary alicyclic amines) is 1. The Morgan fingerprint density at radius 2 is 1.68 bits per heavy atom. The van der Waals surface area contributed by atoms with E-state index in [1.165, 1.54) is 45.3 Å². The van der Waals surface area contributed by atoms with Crippen molar-refractivity contribution in [1.82, 2.24) is 14.9 Å². The van der Waals surface area contributed by atoms with E-state index in [1.54, 1.807) is 12.4 Å². The number of piperidine rings is 1. The van der Waals surface area contributed by atoms with Gasteiger partial charge in [0.1, 0.15) is 0 Å². The van der Waals surface area contributed by atoms with Crippen LogP contribution in [0.2, 0.25) is 0 Å². The second-order valence-electron chi connectivity index (χ2n) is 5.75. The molecule has 19 heavy (non-hydrogen) atoms. The molecule has 0 atom stereocenters. The van der Waals surface area contributed by atoms with Crippen molar-refractivity contribution in [2.45, 2.75) is 25.7 Å². The van der Waals surface area contributed by atoms with Crippen LogP contribution in [0.25, 0.3) is 0 Å². The zero-order chi connectivity index (χ0) is 13.1. The topological polar surface area (TPSA) is 58.3 Å². The first-order valence-electron chi connectivity index (χ1n) is 7.36. The number of hydrogen-bond donors (Lipinski definition) is 1. The molecule has 0 bridgehead atoms. The van der Waals surface area contributed by atoms with Crippen LogP contribution in [0, 0.1) is 5.92 Å². The average Bonchev–Trinajstić information content (AvgIpc) is 2.94. The zero-order valence-corrected chi connectivity index (χ0v) is 11.5. The van der Waals surface area contributed by atoms with Crippen molar-refractivity contribution < 1.29 is 0 Å². The summed E-state index contributed by atoms with van der Waals surface area (Å²) in [6.07, 6.45) is 8.67. The van der Waals surface area contributed by atoms with Crippen LogP contribution in [0.4, 0.5) is 11.6 Å². The van der Waals surface area contributed by atoms with Crippen molar-refractivity contribution in [2.24, 2.45) is 5.92 Å². The van der Waals surface area contributed by atoms with Crippen LogP contribution < -0.4 is 10.6 Å². The summed E-state index contributed by atoms with van der Waals surface area (Å²) in [5, 5.41) is 0. The molecule has 0 radical (unpaired) electrons. The summed E-state index contributed by atoms with van der Waals surface area (Å²) >= 11 is 0. The highest BCUT2D eigenvalue weighted by Gasteiger charge is 2.23. The van der Waals surface area contributed by atoms with Crippen molar-refractivity contribution in [1.29, 1.82) is 0 Å². The summed E-state index contributed by atoms with van der Waals surface area (Å²) < 4.78 is 0. The van der Waals surface area contributed by atoms with Crippen molar-refractivity contribution in [2.75, 3.05) is 43.4 Å². The zero-order valence-electron chi connectivity index (χ0n) is 11.5. The van der Waals surface area contributed by atoms with Crippen molar-refractivity contribution >= 4 is 11.6 Å². The van der Waals surface area contributed by atoms with E-state index in [4.69, 9.17) is 5.73 Å². The van der Waals surface area contributed by atoms with Gasteiger partial charge in [-0.15, -0.1) is 0 Å². The van der Waals surface area contributed by atoms with Crippen LogP contribution in [0.3, 0.4) is 0 Å². The highest BCUT2D eigenvalue weighted by atomic mass is 15.3. The Bertz CT molecular complexity index is 391. The minimum absolute atomic E-state index is 0.632. The molecule has 2 aliphatic rings. The molecule has 0 aromatic carbocycles. The number of anilines is 2. The lowest BCUT2D eigenvalue weighted by molar-refractivity contribution is 0.249. The molecule has 0 spiro atoms. The third kappa shape index (κ3) is 3.15. The van der Waals surface area contributed by atoms with Gasteiger partial charge in [0, 0.05) is 19.6 Å². The fraction of sp³-hybridized carbons (Fsp3) is 0.714. The summed E-state index contributed by atoms with van der Waals surface area (Å²) in [5.41, 5.74) is 6.25. The van der Waals surface area contributed by atoms with Gasteiger partial charge in [0.2, 0.25) is 5.95 Å². The molecule has 0 saturated carbocycles. The van der Waals surface area contributed by atoms with E-state index in [0.717, 1.165) is 25.0 Å². The van der Waals surface area contributed by atoms with E-state index in [0.29, 0.717) is 5.69 Å². The Labute approximate surface area is 114 Å². The fourth-order valence-corrected chi connectivity index (χ4v) is 3.14. The molecule has 2 fully saturated rings. The SMILES string of the molecule is Nc1cnc(N2CCC(CN3CCCC3)CC2)nc1. The lowest BCUT2D eigenvalue weighted by Gasteiger charge is -2.33. The van der Waals surface area contributed by atoms with Gasteiger partial charge in [-0.1, -0.05) is 0 Å². The van der Waals surface area contributed by atoms with E-state index in [9.17, 15) is 0 Å². The van der Waals surface area contributed by atoms with Crippen LogP contribution in [-0.4, -0.2) is 47.6 Å². The number of aromatic nitrogens is 2. The van der Waals surface area contributed by atoms with Crippen LogP contribution in [-0.2, 0) is 0 Å². The van der Waals surface area contributed by atoms with E-state index >= 15 is 0 Å². The summed E-state index contributed by atoms with van der Waals surface area (Å²) in [6, 6.07) is 0. The van der Waals surface area contributed by atoms with Gasteiger partial charge >= 0.3 is 0 Å². The molecule has 5 nitrogen and oxygen atoms in total. The maximum absolute atomic E-state index is 5.62. The predicted molar refractivity (Wildman–Crippen MR) is 77.1 cm³/mol. The summed E-state index contributed by atoms with van der Waals surface area (Å²) in [4.78, 5) is 13.5. The number of nitrogens with zero attached hydrogens (tertiary/aromatic N) is 4. The highest BCUT2D eigenvalue weighted by Crippen LogP contribution is 2.22. The number of nitrogens with two attached hydrogens (primary N) is 1. The van der Waals surface area contributed by atoms with Gasteiger partial charge in [-0.25, -0.2) is 9.97 Å². The predicted octanol–water partition coefficient (Wildman–Crippen LogP) is 1.37. The maximum Gasteiger partial charge on any atom is 0.225 e. The normalized spacial score (nSPS) is 22.0. The second-order valence-corrected chi connectivity index (χ2v) is 5.75. The Kier molecular flexibility index (Phi) is 3.82. The molecule has 0 aliphatic carbocycles. The molecule has 0 unspecified atom stereocenters. The van der Waals surface area contributed by atoms with E-state index in [1.807, 2.05) is 0 Å². The standard InChI is InChI=1S/C14H23N5/c15-13-9-16-14(17-10-13)19-7-3-12(4-8-19)11-18-5-1-2-6-18/h9-10,12H,1-8,11,15H2. The van der Waals surface area contributed by atoms with Gasteiger partial charge in [-0.2, -0.15) is 0 Å². The Balaban J connectivity index is 1.50. The molecule has 2 aliphatic heterocycles. The Hall–Kier alpha value is -1.36. The largest absolute Gasteiger partial charge is 0.396 e. The lowest BCUT2D eigenvalue weighted by Crippen LogP contribution is -2.38. The van der Waals surface area contributed by atoms with E-state index in [2.05, 4.69) is 19.8 Å². The molecule has 5 heteroatoms. The molecular formula is C14H23N5. The lowest BCUT2D eigenvalue weighted by atomic mass is 9.96. The van der Waals surface area contributed by atoms with E-state index in [-0.39, 0.29) is 0 Å². The molecule has 2 saturated heterocycles. The van der Waals surface area contributed by atoms with Gasteiger partial charge < -0.3 is 15.5 Å². The van der Waals surface area contributed by atoms with Crippen LogP contribution >= 0.6 is 0 Å². The Morgan fingerprint density at radius 1 is 1.05 bits per heavy atom. The third-order valence-corrected chi connectivity index (χ3v) is 4.27. The first-order chi connectivity index (χ1) is 9.31. The minimum atomic E-state index is 0.632. The van der Waals surface area contributed by atoms with Crippen molar-refractivity contribution in [3.05, 3.63) is 12.4 Å². The van der Waals surface area contributed by atoms with Gasteiger partial charge in [0.05, 0.1) is 18.1 Å². The molecule has 2 N–H and O–H groups in total. The van der Waals surface area contributed by atoms with Gasteiger partial charge in [-0.3, -0.25) is 0 Å².